The molecule has 3 rings (SSSR count). The van der Waals surface area contributed by atoms with E-state index in [1.54, 1.807) is 0 Å². The topological polar surface area (TPSA) is 44.7 Å². The smallest absolute Gasteiger partial charge is 0.193 e. The second-order valence-electron chi connectivity index (χ2n) is 7.21. The Hall–Kier alpha value is -1.67. The molecule has 1 heterocycles. The Balaban J connectivity index is 0.00000320. The minimum Gasteiger partial charge on any atom is -0.357 e. The van der Waals surface area contributed by atoms with Crippen molar-refractivity contribution in [3.05, 3.63) is 77.4 Å². The third-order valence-corrected chi connectivity index (χ3v) is 6.25. The Labute approximate surface area is 200 Å². The van der Waals surface area contributed by atoms with Gasteiger partial charge in [-0.15, -0.1) is 24.0 Å². The zero-order valence-electron chi connectivity index (χ0n) is 17.6. The molecule has 0 amide bonds. The minimum absolute atomic E-state index is 0. The van der Waals surface area contributed by atoms with Crippen molar-refractivity contribution in [3.63, 3.8) is 0 Å². The van der Waals surface area contributed by atoms with Crippen LogP contribution in [0.15, 0.2) is 71.2 Å². The van der Waals surface area contributed by atoms with Crippen LogP contribution in [-0.2, 0) is 16.6 Å². The van der Waals surface area contributed by atoms with E-state index >= 15 is 0 Å². The lowest BCUT2D eigenvalue weighted by molar-refractivity contribution is 0.376. The Bertz CT molecular complexity index is 830. The van der Waals surface area contributed by atoms with E-state index in [0.717, 1.165) is 44.0 Å². The molecule has 0 aliphatic carbocycles. The molecule has 0 saturated carbocycles. The van der Waals surface area contributed by atoms with Crippen molar-refractivity contribution < 1.29 is 4.21 Å². The molecule has 1 aliphatic rings. The predicted molar refractivity (Wildman–Crippen MR) is 140 cm³/mol. The van der Waals surface area contributed by atoms with Crippen LogP contribution in [0.4, 0.5) is 0 Å². The molecule has 2 aromatic carbocycles. The van der Waals surface area contributed by atoms with Crippen LogP contribution >= 0.6 is 24.0 Å². The summed E-state index contributed by atoms with van der Waals surface area (Å²) in [7, 11) is -0.887. The van der Waals surface area contributed by atoms with Gasteiger partial charge in [0.25, 0.3) is 0 Å². The van der Waals surface area contributed by atoms with Crippen LogP contribution < -0.4 is 5.32 Å². The lowest BCUT2D eigenvalue weighted by Crippen LogP contribution is -2.44. The van der Waals surface area contributed by atoms with Gasteiger partial charge < -0.3 is 10.2 Å². The summed E-state index contributed by atoms with van der Waals surface area (Å²) in [6.07, 6.45) is 4.42. The number of nitrogens with zero attached hydrogens (tertiary/aromatic N) is 2. The number of likely N-dealkylation sites (tertiary alicyclic amines) is 1. The number of halogens is 1. The molecule has 30 heavy (non-hydrogen) atoms. The van der Waals surface area contributed by atoms with Crippen molar-refractivity contribution in [1.29, 1.82) is 0 Å². The van der Waals surface area contributed by atoms with Gasteiger partial charge in [0, 0.05) is 41.9 Å². The largest absolute Gasteiger partial charge is 0.357 e. The first-order valence-electron chi connectivity index (χ1n) is 10.4. The van der Waals surface area contributed by atoms with E-state index in [0.29, 0.717) is 18.1 Å². The first-order chi connectivity index (χ1) is 14.2. The maximum absolute atomic E-state index is 12.3. The fourth-order valence-corrected chi connectivity index (χ4v) is 4.45. The second kappa shape index (κ2) is 13.6. The molecule has 0 aromatic heterocycles. The maximum atomic E-state index is 12.3. The summed E-state index contributed by atoms with van der Waals surface area (Å²) < 4.78 is 12.3. The van der Waals surface area contributed by atoms with E-state index in [9.17, 15) is 4.21 Å². The van der Waals surface area contributed by atoms with Gasteiger partial charge in [0.1, 0.15) is 0 Å². The highest BCUT2D eigenvalue weighted by Gasteiger charge is 2.17. The van der Waals surface area contributed by atoms with E-state index in [1.165, 1.54) is 11.1 Å². The van der Waals surface area contributed by atoms with Crippen molar-refractivity contribution in [3.8, 4) is 0 Å². The van der Waals surface area contributed by atoms with E-state index < -0.39 is 10.8 Å². The molecule has 1 fully saturated rings. The summed E-state index contributed by atoms with van der Waals surface area (Å²) >= 11 is 0. The lowest BCUT2D eigenvalue weighted by Gasteiger charge is -2.31. The van der Waals surface area contributed by atoms with Crippen LogP contribution in [0, 0.1) is 0 Å². The Morgan fingerprint density at radius 3 is 2.33 bits per heavy atom. The first-order valence-corrected chi connectivity index (χ1v) is 11.9. The van der Waals surface area contributed by atoms with Gasteiger partial charge in [-0.2, -0.15) is 0 Å². The molecule has 1 N–H and O–H groups in total. The molecule has 1 atom stereocenters. The van der Waals surface area contributed by atoms with Crippen molar-refractivity contribution >= 4 is 46.8 Å². The van der Waals surface area contributed by atoms with Crippen molar-refractivity contribution in [2.24, 2.45) is 4.99 Å². The van der Waals surface area contributed by atoms with Crippen LogP contribution in [0.5, 0.6) is 0 Å². The van der Waals surface area contributed by atoms with Crippen LogP contribution in [0.3, 0.4) is 0 Å². The summed E-state index contributed by atoms with van der Waals surface area (Å²) in [5.41, 5.74) is 3.89. The molecule has 1 saturated heterocycles. The normalized spacial score (nSPS) is 15.3. The molecule has 1 aliphatic heterocycles. The molecular formula is C24H32IN3OS. The third-order valence-electron chi connectivity index (χ3n) is 4.96. The molecule has 0 radical (unpaired) electrons. The first kappa shape index (κ1) is 24.6. The predicted octanol–water partition coefficient (Wildman–Crippen LogP) is 4.70. The zero-order valence-corrected chi connectivity index (χ0v) is 20.8. The van der Waals surface area contributed by atoms with Gasteiger partial charge in [-0.1, -0.05) is 72.3 Å². The number of piperidine rings is 1. The third kappa shape index (κ3) is 8.22. The van der Waals surface area contributed by atoms with E-state index in [-0.39, 0.29) is 24.0 Å². The number of benzene rings is 2. The molecule has 0 bridgehead atoms. The standard InChI is InChI=1S/C24H31N3OS.HI/c1-2-25-24(26-15-18-29(28)20-23-11-7-4-8-12-23)27-16-13-22(14-17-27)19-21-9-5-3-6-10-21;/h3-12,19H,2,13-18,20H2,1H3,(H,25,26);1H. The summed E-state index contributed by atoms with van der Waals surface area (Å²) in [6.45, 7) is 5.46. The molecule has 2 aromatic rings. The molecule has 4 nitrogen and oxygen atoms in total. The van der Waals surface area contributed by atoms with Crippen molar-refractivity contribution in [1.82, 2.24) is 10.2 Å². The lowest BCUT2D eigenvalue weighted by atomic mass is 10.0. The average Bonchev–Trinajstić information content (AvgIpc) is 2.75. The van der Waals surface area contributed by atoms with E-state index in [2.05, 4.69) is 53.5 Å². The number of aliphatic imine (C=N–C) groups is 1. The molecule has 1 unspecified atom stereocenters. The number of rotatable bonds is 7. The summed E-state index contributed by atoms with van der Waals surface area (Å²) in [4.78, 5) is 7.07. The Morgan fingerprint density at radius 2 is 1.70 bits per heavy atom. The average molecular weight is 538 g/mol. The van der Waals surface area contributed by atoms with Gasteiger partial charge in [-0.25, -0.2) is 0 Å². The van der Waals surface area contributed by atoms with E-state index in [4.69, 9.17) is 4.99 Å². The van der Waals surface area contributed by atoms with E-state index in [1.807, 2.05) is 30.3 Å². The number of nitrogens with one attached hydrogen (secondary N) is 1. The van der Waals surface area contributed by atoms with Crippen LogP contribution in [0.1, 0.15) is 30.9 Å². The fraction of sp³-hybridized carbons (Fsp3) is 0.375. The number of hydrogen-bond donors (Lipinski definition) is 1. The van der Waals surface area contributed by atoms with Crippen LogP contribution in [0.25, 0.3) is 6.08 Å². The summed E-state index contributed by atoms with van der Waals surface area (Å²) in [5.74, 6) is 2.14. The molecule has 0 spiro atoms. The SMILES string of the molecule is CCNC(=NCCS(=O)Cc1ccccc1)N1CCC(=Cc2ccccc2)CC1.I. The molecule has 162 valence electrons. The highest BCUT2D eigenvalue weighted by atomic mass is 127. The Kier molecular flexibility index (Phi) is 11.1. The summed E-state index contributed by atoms with van der Waals surface area (Å²) in [6, 6.07) is 20.5. The number of guanidine groups is 1. The van der Waals surface area contributed by atoms with Gasteiger partial charge in [0.05, 0.1) is 6.54 Å². The second-order valence-corrected chi connectivity index (χ2v) is 8.79. The van der Waals surface area contributed by atoms with Gasteiger partial charge in [-0.05, 0) is 30.9 Å². The quantitative estimate of drug-likeness (QED) is 0.317. The summed E-state index contributed by atoms with van der Waals surface area (Å²) in [5, 5.41) is 3.40. The van der Waals surface area contributed by atoms with Crippen LogP contribution in [0.2, 0.25) is 0 Å². The van der Waals surface area contributed by atoms with Crippen molar-refractivity contribution in [2.45, 2.75) is 25.5 Å². The molecule has 6 heteroatoms. The molecular weight excluding hydrogens is 505 g/mol. The van der Waals surface area contributed by atoms with Gasteiger partial charge in [0.2, 0.25) is 0 Å². The Morgan fingerprint density at radius 1 is 1.07 bits per heavy atom. The zero-order chi connectivity index (χ0) is 20.3. The van der Waals surface area contributed by atoms with Crippen molar-refractivity contribution in [2.75, 3.05) is 31.9 Å². The highest BCUT2D eigenvalue weighted by Crippen LogP contribution is 2.19. The number of hydrogen-bond acceptors (Lipinski definition) is 2. The fourth-order valence-electron chi connectivity index (χ4n) is 3.45. The maximum Gasteiger partial charge on any atom is 0.193 e. The van der Waals surface area contributed by atoms with Gasteiger partial charge in [-0.3, -0.25) is 9.20 Å². The van der Waals surface area contributed by atoms with Crippen LogP contribution in [-0.4, -0.2) is 47.0 Å². The highest BCUT2D eigenvalue weighted by molar-refractivity contribution is 14.0. The van der Waals surface area contributed by atoms with Gasteiger partial charge >= 0.3 is 0 Å². The van der Waals surface area contributed by atoms with Gasteiger partial charge in [0.15, 0.2) is 5.96 Å². The minimum atomic E-state index is -0.887. The monoisotopic (exact) mass is 537 g/mol.